The van der Waals surface area contributed by atoms with Crippen LogP contribution in [0.2, 0.25) is 0 Å². The van der Waals surface area contributed by atoms with Gasteiger partial charge in [-0.05, 0) is 18.2 Å². The molecule has 0 bridgehead atoms. The molecule has 0 radical (unpaired) electrons. The summed E-state index contributed by atoms with van der Waals surface area (Å²) in [6.07, 6.45) is 4.07. The van der Waals surface area contributed by atoms with Gasteiger partial charge in [-0.3, -0.25) is 0 Å². The van der Waals surface area contributed by atoms with Crippen LogP contribution < -0.4 is 5.32 Å². The molecule has 0 fully saturated rings. The normalized spacial score (nSPS) is 12.4. The summed E-state index contributed by atoms with van der Waals surface area (Å²) in [7, 11) is 0. The van der Waals surface area contributed by atoms with Crippen LogP contribution in [0.1, 0.15) is 0 Å². The van der Waals surface area contributed by atoms with Gasteiger partial charge < -0.3 is 20.1 Å². The van der Waals surface area contributed by atoms with Crippen LogP contribution in [0.15, 0.2) is 36.9 Å². The van der Waals surface area contributed by atoms with Crippen LogP contribution in [0, 0.1) is 5.82 Å². The first-order valence-electron chi connectivity index (χ1n) is 5.51. The van der Waals surface area contributed by atoms with E-state index in [0.717, 1.165) is 5.69 Å². The molecule has 6 heteroatoms. The van der Waals surface area contributed by atoms with Crippen molar-refractivity contribution >= 4 is 5.69 Å². The van der Waals surface area contributed by atoms with Gasteiger partial charge in [-0.15, -0.1) is 0 Å². The molecule has 18 heavy (non-hydrogen) atoms. The molecular formula is C12H14FN3O2. The molecule has 0 saturated carbocycles. The highest BCUT2D eigenvalue weighted by molar-refractivity contribution is 5.61. The average molecular weight is 251 g/mol. The first-order valence-corrected chi connectivity index (χ1v) is 5.51. The van der Waals surface area contributed by atoms with E-state index in [9.17, 15) is 9.50 Å². The van der Waals surface area contributed by atoms with Gasteiger partial charge in [0.15, 0.2) is 0 Å². The Morgan fingerprint density at radius 1 is 1.44 bits per heavy atom. The number of aliphatic hydroxyl groups is 2. The Hall–Kier alpha value is -1.92. The van der Waals surface area contributed by atoms with Crippen molar-refractivity contribution in [3.05, 3.63) is 42.7 Å². The maximum absolute atomic E-state index is 13.2. The summed E-state index contributed by atoms with van der Waals surface area (Å²) >= 11 is 0. The van der Waals surface area contributed by atoms with Gasteiger partial charge in [-0.25, -0.2) is 9.37 Å². The van der Waals surface area contributed by atoms with Gasteiger partial charge in [0.05, 0.1) is 30.4 Å². The van der Waals surface area contributed by atoms with Gasteiger partial charge in [0.2, 0.25) is 0 Å². The number of aliphatic hydroxyl groups excluding tert-OH is 2. The smallest absolute Gasteiger partial charge is 0.125 e. The lowest BCUT2D eigenvalue weighted by atomic mass is 10.2. The molecule has 1 atom stereocenters. The molecule has 5 nitrogen and oxygen atoms in total. The quantitative estimate of drug-likeness (QED) is 0.734. The largest absolute Gasteiger partial charge is 0.394 e. The number of rotatable bonds is 5. The lowest BCUT2D eigenvalue weighted by Gasteiger charge is -2.14. The zero-order chi connectivity index (χ0) is 13.0. The Balaban J connectivity index is 2.24. The van der Waals surface area contributed by atoms with Gasteiger partial charge in [-0.1, -0.05) is 0 Å². The van der Waals surface area contributed by atoms with E-state index in [1.54, 1.807) is 29.4 Å². The topological polar surface area (TPSA) is 70.3 Å². The van der Waals surface area contributed by atoms with Crippen molar-refractivity contribution in [3.63, 3.8) is 0 Å². The van der Waals surface area contributed by atoms with Crippen molar-refractivity contribution < 1.29 is 14.6 Å². The molecule has 0 aliphatic rings. The van der Waals surface area contributed by atoms with Crippen LogP contribution >= 0.6 is 0 Å². The molecule has 3 N–H and O–H groups in total. The van der Waals surface area contributed by atoms with Crippen molar-refractivity contribution in [3.8, 4) is 5.69 Å². The number of hydrogen-bond donors (Lipinski definition) is 3. The maximum Gasteiger partial charge on any atom is 0.125 e. The number of anilines is 1. The number of hydrogen-bond acceptors (Lipinski definition) is 4. The zero-order valence-electron chi connectivity index (χ0n) is 9.62. The fourth-order valence-corrected chi connectivity index (χ4v) is 1.57. The van der Waals surface area contributed by atoms with Gasteiger partial charge in [-0.2, -0.15) is 0 Å². The molecule has 1 aromatic carbocycles. The van der Waals surface area contributed by atoms with E-state index in [4.69, 9.17) is 5.11 Å². The van der Waals surface area contributed by atoms with Crippen molar-refractivity contribution in [2.75, 3.05) is 18.5 Å². The van der Waals surface area contributed by atoms with Crippen LogP contribution in [0.25, 0.3) is 5.69 Å². The SMILES string of the molecule is OCC(O)CNc1cc(F)ccc1-n1ccnc1. The lowest BCUT2D eigenvalue weighted by Crippen LogP contribution is -2.23. The van der Waals surface area contributed by atoms with E-state index in [0.29, 0.717) is 5.69 Å². The minimum absolute atomic E-state index is 0.141. The molecule has 0 amide bonds. The molecule has 0 aliphatic carbocycles. The van der Waals surface area contributed by atoms with E-state index in [-0.39, 0.29) is 19.0 Å². The number of imidazole rings is 1. The third-order valence-electron chi connectivity index (χ3n) is 2.48. The highest BCUT2D eigenvalue weighted by atomic mass is 19.1. The summed E-state index contributed by atoms with van der Waals surface area (Å²) in [5.41, 5.74) is 1.25. The fourth-order valence-electron chi connectivity index (χ4n) is 1.57. The van der Waals surface area contributed by atoms with E-state index in [1.807, 2.05) is 0 Å². The Morgan fingerprint density at radius 3 is 2.94 bits per heavy atom. The predicted molar refractivity (Wildman–Crippen MR) is 65.1 cm³/mol. The van der Waals surface area contributed by atoms with Gasteiger partial charge in [0.1, 0.15) is 5.82 Å². The standard InChI is InChI=1S/C12H14FN3O2/c13-9-1-2-12(16-4-3-14-8-16)11(5-9)15-6-10(18)7-17/h1-5,8,10,15,17-18H,6-7H2. The van der Waals surface area contributed by atoms with Crippen LogP contribution in [0.5, 0.6) is 0 Å². The highest BCUT2D eigenvalue weighted by Crippen LogP contribution is 2.21. The monoisotopic (exact) mass is 251 g/mol. The number of aromatic nitrogens is 2. The molecule has 1 aromatic heterocycles. The van der Waals surface area contributed by atoms with Crippen molar-refractivity contribution in [2.24, 2.45) is 0 Å². The summed E-state index contributed by atoms with van der Waals surface area (Å²) in [4.78, 5) is 3.93. The molecule has 2 aromatic rings. The van der Waals surface area contributed by atoms with Crippen molar-refractivity contribution in [1.82, 2.24) is 9.55 Å². The second-order valence-corrected chi connectivity index (χ2v) is 3.85. The lowest BCUT2D eigenvalue weighted by molar-refractivity contribution is 0.105. The number of nitrogens with zero attached hydrogens (tertiary/aromatic N) is 2. The molecule has 96 valence electrons. The van der Waals surface area contributed by atoms with Crippen LogP contribution in [-0.2, 0) is 0 Å². The van der Waals surface area contributed by atoms with E-state index in [1.165, 1.54) is 12.1 Å². The molecule has 0 spiro atoms. The average Bonchev–Trinajstić information content (AvgIpc) is 2.89. The number of halogens is 1. The van der Waals surface area contributed by atoms with Crippen LogP contribution in [0.4, 0.5) is 10.1 Å². The third-order valence-corrected chi connectivity index (χ3v) is 2.48. The van der Waals surface area contributed by atoms with Gasteiger partial charge >= 0.3 is 0 Å². The Bertz CT molecular complexity index is 502. The summed E-state index contributed by atoms with van der Waals surface area (Å²) in [5, 5.41) is 20.9. The number of nitrogens with one attached hydrogen (secondary N) is 1. The van der Waals surface area contributed by atoms with E-state index >= 15 is 0 Å². The minimum atomic E-state index is -0.885. The summed E-state index contributed by atoms with van der Waals surface area (Å²) in [5.74, 6) is -0.375. The molecular weight excluding hydrogens is 237 g/mol. The van der Waals surface area contributed by atoms with Crippen LogP contribution in [0.3, 0.4) is 0 Å². The summed E-state index contributed by atoms with van der Waals surface area (Å²) < 4.78 is 14.9. The van der Waals surface area contributed by atoms with E-state index < -0.39 is 6.10 Å². The van der Waals surface area contributed by atoms with Gasteiger partial charge in [0.25, 0.3) is 0 Å². The first kappa shape index (κ1) is 12.5. The van der Waals surface area contributed by atoms with Crippen molar-refractivity contribution in [1.29, 1.82) is 0 Å². The van der Waals surface area contributed by atoms with Crippen molar-refractivity contribution in [2.45, 2.75) is 6.10 Å². The zero-order valence-corrected chi connectivity index (χ0v) is 9.62. The Morgan fingerprint density at radius 2 is 2.28 bits per heavy atom. The highest BCUT2D eigenvalue weighted by Gasteiger charge is 2.08. The Labute approximate surface area is 104 Å². The number of benzene rings is 1. The molecule has 0 aliphatic heterocycles. The molecule has 2 rings (SSSR count). The predicted octanol–water partition coefficient (Wildman–Crippen LogP) is 0.777. The summed E-state index contributed by atoms with van der Waals surface area (Å²) in [6, 6.07) is 4.30. The minimum Gasteiger partial charge on any atom is -0.394 e. The molecule has 0 saturated heterocycles. The first-order chi connectivity index (χ1) is 8.70. The van der Waals surface area contributed by atoms with Crippen LogP contribution in [-0.4, -0.2) is 39.0 Å². The second-order valence-electron chi connectivity index (χ2n) is 3.85. The van der Waals surface area contributed by atoms with E-state index in [2.05, 4.69) is 10.3 Å². The third kappa shape index (κ3) is 2.85. The maximum atomic E-state index is 13.2. The summed E-state index contributed by atoms with van der Waals surface area (Å²) in [6.45, 7) is -0.204. The molecule has 1 unspecified atom stereocenters. The molecule has 1 heterocycles. The second kappa shape index (κ2) is 5.61. The van der Waals surface area contributed by atoms with Gasteiger partial charge in [0, 0.05) is 18.9 Å². The Kier molecular flexibility index (Phi) is 3.91. The fraction of sp³-hybridized carbons (Fsp3) is 0.250.